The van der Waals surface area contributed by atoms with Crippen molar-refractivity contribution in [2.75, 3.05) is 0 Å². The molecule has 21 heavy (non-hydrogen) atoms. The lowest BCUT2D eigenvalue weighted by atomic mass is 10.0. The smallest absolute Gasteiger partial charge is 0.220 e. The van der Waals surface area contributed by atoms with Crippen LogP contribution in [0.4, 0.5) is 0 Å². The van der Waals surface area contributed by atoms with Crippen molar-refractivity contribution in [1.29, 1.82) is 0 Å². The van der Waals surface area contributed by atoms with Crippen LogP contribution in [-0.2, 0) is 0 Å². The van der Waals surface area contributed by atoms with E-state index in [1.807, 2.05) is 18.2 Å². The van der Waals surface area contributed by atoms with Gasteiger partial charge in [-0.3, -0.25) is 0 Å². The van der Waals surface area contributed by atoms with Crippen LogP contribution >= 0.6 is 11.6 Å². The minimum atomic E-state index is 0.546. The Kier molecular flexibility index (Phi) is 3.80. The maximum absolute atomic E-state index is 5.94. The van der Waals surface area contributed by atoms with Crippen molar-refractivity contribution < 1.29 is 4.42 Å². The van der Waals surface area contributed by atoms with E-state index in [0.717, 1.165) is 16.7 Å². The van der Waals surface area contributed by atoms with Gasteiger partial charge in [-0.15, -0.1) is 0 Å². The average Bonchev–Trinajstić information content (AvgIpc) is 2.87. The Labute approximate surface area is 129 Å². The number of hydrogen-bond acceptors (Lipinski definition) is 2. The molecule has 0 amide bonds. The summed E-state index contributed by atoms with van der Waals surface area (Å²) in [6.45, 7) is 4.38. The number of halogens is 1. The molecule has 0 saturated carbocycles. The SMILES string of the molecule is CC(C)c1ccc(/C=C/c2nc3cc(Cl)ccc3o2)cc1. The molecule has 3 heteroatoms. The highest BCUT2D eigenvalue weighted by Gasteiger charge is 2.03. The van der Waals surface area contributed by atoms with E-state index in [-0.39, 0.29) is 0 Å². The molecule has 1 aromatic heterocycles. The molecular formula is C18H16ClNO. The van der Waals surface area contributed by atoms with Crippen LogP contribution in [0.3, 0.4) is 0 Å². The monoisotopic (exact) mass is 297 g/mol. The van der Waals surface area contributed by atoms with Crippen LogP contribution in [0.15, 0.2) is 46.9 Å². The average molecular weight is 298 g/mol. The van der Waals surface area contributed by atoms with Gasteiger partial charge in [0.25, 0.3) is 0 Å². The van der Waals surface area contributed by atoms with E-state index in [1.54, 1.807) is 12.1 Å². The van der Waals surface area contributed by atoms with Crippen LogP contribution in [0.1, 0.15) is 36.8 Å². The largest absolute Gasteiger partial charge is 0.437 e. The lowest BCUT2D eigenvalue weighted by Crippen LogP contribution is -1.85. The van der Waals surface area contributed by atoms with Crippen molar-refractivity contribution in [1.82, 2.24) is 4.98 Å². The fourth-order valence-corrected chi connectivity index (χ4v) is 2.32. The molecule has 0 bridgehead atoms. The molecule has 0 aliphatic carbocycles. The lowest BCUT2D eigenvalue weighted by Gasteiger charge is -2.04. The standard InChI is InChI=1S/C18H16ClNO/c1-12(2)14-6-3-13(4-7-14)5-10-18-20-16-11-15(19)8-9-17(16)21-18/h3-12H,1-2H3/b10-5+. The molecule has 0 spiro atoms. The van der Waals surface area contributed by atoms with Crippen LogP contribution in [0.5, 0.6) is 0 Å². The minimum Gasteiger partial charge on any atom is -0.437 e. The van der Waals surface area contributed by atoms with Crippen molar-refractivity contribution >= 4 is 34.9 Å². The number of benzene rings is 2. The molecule has 106 valence electrons. The first-order chi connectivity index (χ1) is 10.1. The van der Waals surface area contributed by atoms with E-state index in [2.05, 4.69) is 43.1 Å². The normalized spacial score (nSPS) is 11.8. The fraction of sp³-hybridized carbons (Fsp3) is 0.167. The van der Waals surface area contributed by atoms with Gasteiger partial charge in [0.2, 0.25) is 5.89 Å². The van der Waals surface area contributed by atoms with Crippen molar-refractivity contribution in [3.8, 4) is 0 Å². The quantitative estimate of drug-likeness (QED) is 0.613. The summed E-state index contributed by atoms with van der Waals surface area (Å²) in [6, 6.07) is 13.9. The topological polar surface area (TPSA) is 26.0 Å². The Morgan fingerprint density at radius 1 is 1.05 bits per heavy atom. The number of hydrogen-bond donors (Lipinski definition) is 0. The summed E-state index contributed by atoms with van der Waals surface area (Å²) in [7, 11) is 0. The summed E-state index contributed by atoms with van der Waals surface area (Å²) in [6.07, 6.45) is 3.87. The second kappa shape index (κ2) is 5.74. The third-order valence-corrected chi connectivity index (χ3v) is 3.62. The third kappa shape index (κ3) is 3.17. The van der Waals surface area contributed by atoms with Crippen molar-refractivity contribution in [2.24, 2.45) is 0 Å². The summed E-state index contributed by atoms with van der Waals surface area (Å²) >= 11 is 5.94. The first-order valence-corrected chi connectivity index (χ1v) is 7.34. The zero-order chi connectivity index (χ0) is 14.8. The molecular weight excluding hydrogens is 282 g/mol. The Bertz CT molecular complexity index is 785. The van der Waals surface area contributed by atoms with E-state index in [9.17, 15) is 0 Å². The Balaban J connectivity index is 1.83. The second-order valence-corrected chi connectivity index (χ2v) is 5.76. The molecule has 3 rings (SSSR count). The minimum absolute atomic E-state index is 0.546. The molecule has 0 atom stereocenters. The van der Waals surface area contributed by atoms with Gasteiger partial charge in [-0.05, 0) is 41.3 Å². The number of aromatic nitrogens is 1. The van der Waals surface area contributed by atoms with Crippen LogP contribution in [0, 0.1) is 0 Å². The van der Waals surface area contributed by atoms with Gasteiger partial charge in [0, 0.05) is 11.1 Å². The number of oxazole rings is 1. The highest BCUT2D eigenvalue weighted by atomic mass is 35.5. The first kappa shape index (κ1) is 13.9. The lowest BCUT2D eigenvalue weighted by molar-refractivity contribution is 0.590. The third-order valence-electron chi connectivity index (χ3n) is 3.39. The summed E-state index contributed by atoms with van der Waals surface area (Å²) in [5, 5.41) is 0.663. The van der Waals surface area contributed by atoms with Crippen molar-refractivity contribution in [2.45, 2.75) is 19.8 Å². The Hall–Kier alpha value is -2.06. The molecule has 0 unspecified atom stereocenters. The molecule has 0 aliphatic heterocycles. The Morgan fingerprint density at radius 3 is 2.52 bits per heavy atom. The highest BCUT2D eigenvalue weighted by Crippen LogP contribution is 2.21. The first-order valence-electron chi connectivity index (χ1n) is 6.96. The molecule has 0 aliphatic rings. The van der Waals surface area contributed by atoms with Crippen LogP contribution < -0.4 is 0 Å². The number of fused-ring (bicyclic) bond motifs is 1. The van der Waals surface area contributed by atoms with Gasteiger partial charge in [-0.2, -0.15) is 0 Å². The van der Waals surface area contributed by atoms with E-state index in [4.69, 9.17) is 16.0 Å². The second-order valence-electron chi connectivity index (χ2n) is 5.32. The highest BCUT2D eigenvalue weighted by molar-refractivity contribution is 6.31. The summed E-state index contributed by atoms with van der Waals surface area (Å²) in [4.78, 5) is 4.40. The zero-order valence-electron chi connectivity index (χ0n) is 12.0. The predicted octanol–water partition coefficient (Wildman–Crippen LogP) is 5.78. The molecule has 3 aromatic rings. The molecule has 2 nitrogen and oxygen atoms in total. The molecule has 0 saturated heterocycles. The van der Waals surface area contributed by atoms with Gasteiger partial charge in [0.1, 0.15) is 5.52 Å². The predicted molar refractivity (Wildman–Crippen MR) is 88.5 cm³/mol. The maximum atomic E-state index is 5.94. The number of nitrogens with zero attached hydrogens (tertiary/aromatic N) is 1. The molecule has 2 aromatic carbocycles. The van der Waals surface area contributed by atoms with E-state index >= 15 is 0 Å². The fourth-order valence-electron chi connectivity index (χ4n) is 2.15. The zero-order valence-corrected chi connectivity index (χ0v) is 12.8. The van der Waals surface area contributed by atoms with Gasteiger partial charge in [0.15, 0.2) is 5.58 Å². The van der Waals surface area contributed by atoms with Crippen LogP contribution in [0.2, 0.25) is 5.02 Å². The summed E-state index contributed by atoms with van der Waals surface area (Å²) in [5.74, 6) is 1.13. The summed E-state index contributed by atoms with van der Waals surface area (Å²) < 4.78 is 5.65. The van der Waals surface area contributed by atoms with Gasteiger partial charge in [-0.1, -0.05) is 49.7 Å². The van der Waals surface area contributed by atoms with Gasteiger partial charge in [-0.25, -0.2) is 4.98 Å². The van der Waals surface area contributed by atoms with Gasteiger partial charge >= 0.3 is 0 Å². The molecule has 0 radical (unpaired) electrons. The van der Waals surface area contributed by atoms with E-state index in [0.29, 0.717) is 16.8 Å². The number of rotatable bonds is 3. The van der Waals surface area contributed by atoms with Gasteiger partial charge in [0.05, 0.1) is 0 Å². The van der Waals surface area contributed by atoms with Crippen LogP contribution in [-0.4, -0.2) is 4.98 Å². The Morgan fingerprint density at radius 2 is 1.81 bits per heavy atom. The van der Waals surface area contributed by atoms with Crippen molar-refractivity contribution in [3.63, 3.8) is 0 Å². The summed E-state index contributed by atoms with van der Waals surface area (Å²) in [5.41, 5.74) is 3.98. The molecule has 1 heterocycles. The van der Waals surface area contributed by atoms with E-state index < -0.39 is 0 Å². The molecule has 0 N–H and O–H groups in total. The maximum Gasteiger partial charge on any atom is 0.220 e. The van der Waals surface area contributed by atoms with E-state index in [1.165, 1.54) is 5.56 Å². The van der Waals surface area contributed by atoms with Crippen LogP contribution in [0.25, 0.3) is 23.3 Å². The molecule has 0 fully saturated rings. The van der Waals surface area contributed by atoms with Gasteiger partial charge < -0.3 is 4.42 Å². The van der Waals surface area contributed by atoms with Crippen molar-refractivity contribution in [3.05, 3.63) is 64.5 Å².